The van der Waals surface area contributed by atoms with Gasteiger partial charge in [0, 0.05) is 37.9 Å². The van der Waals surface area contributed by atoms with Crippen molar-refractivity contribution >= 4 is 15.7 Å². The molecule has 2 saturated heterocycles. The third kappa shape index (κ3) is 5.95. The number of morpholine rings is 1. The van der Waals surface area contributed by atoms with Crippen LogP contribution < -0.4 is 9.62 Å². The number of hydrogen-bond donors (Lipinski definition) is 1. The molecule has 2 aliphatic rings. The van der Waals surface area contributed by atoms with E-state index in [1.807, 2.05) is 18.2 Å². The van der Waals surface area contributed by atoms with Gasteiger partial charge in [-0.25, -0.2) is 13.1 Å². The zero-order valence-electron chi connectivity index (χ0n) is 14.8. The molecule has 140 valence electrons. The molecule has 0 aliphatic carbocycles. The van der Waals surface area contributed by atoms with Gasteiger partial charge in [-0.15, -0.1) is 0 Å². The number of sulfonamides is 1. The first-order chi connectivity index (χ1) is 12.1. The van der Waals surface area contributed by atoms with Crippen molar-refractivity contribution in [2.75, 3.05) is 56.6 Å². The second-order valence-electron chi connectivity index (χ2n) is 6.84. The molecule has 1 aromatic carbocycles. The predicted molar refractivity (Wildman–Crippen MR) is 100 cm³/mol. The molecule has 1 aromatic rings. The van der Waals surface area contributed by atoms with Crippen LogP contribution >= 0.6 is 0 Å². The summed E-state index contributed by atoms with van der Waals surface area (Å²) in [5, 5.41) is 0. The first-order valence-corrected chi connectivity index (χ1v) is 10.9. The summed E-state index contributed by atoms with van der Waals surface area (Å²) < 4.78 is 32.9. The average Bonchev–Trinajstić information content (AvgIpc) is 2.63. The fourth-order valence-electron chi connectivity index (χ4n) is 3.51. The SMILES string of the molecule is O=S(=O)(CCCN1CCOCC1)NC1CCN(c2ccccc2)CC1. The van der Waals surface area contributed by atoms with E-state index in [1.54, 1.807) is 0 Å². The number of anilines is 1. The molecule has 0 amide bonds. The van der Waals surface area contributed by atoms with Gasteiger partial charge in [0.2, 0.25) is 10.0 Å². The molecule has 0 aromatic heterocycles. The molecule has 0 radical (unpaired) electrons. The van der Waals surface area contributed by atoms with Crippen LogP contribution in [-0.4, -0.2) is 71.0 Å². The highest BCUT2D eigenvalue weighted by Gasteiger charge is 2.23. The van der Waals surface area contributed by atoms with Crippen molar-refractivity contribution < 1.29 is 13.2 Å². The van der Waals surface area contributed by atoms with Crippen molar-refractivity contribution in [2.24, 2.45) is 0 Å². The van der Waals surface area contributed by atoms with Crippen molar-refractivity contribution in [1.82, 2.24) is 9.62 Å². The number of piperidine rings is 1. The van der Waals surface area contributed by atoms with Crippen LogP contribution in [0, 0.1) is 0 Å². The Balaban J connectivity index is 1.38. The summed E-state index contributed by atoms with van der Waals surface area (Å²) >= 11 is 0. The monoisotopic (exact) mass is 367 g/mol. The molecule has 2 heterocycles. The van der Waals surface area contributed by atoms with Crippen LogP contribution in [0.4, 0.5) is 5.69 Å². The molecule has 0 spiro atoms. The van der Waals surface area contributed by atoms with Crippen LogP contribution in [0.2, 0.25) is 0 Å². The van der Waals surface area contributed by atoms with Gasteiger partial charge in [0.25, 0.3) is 0 Å². The van der Waals surface area contributed by atoms with Gasteiger partial charge in [-0.1, -0.05) is 18.2 Å². The molecule has 25 heavy (non-hydrogen) atoms. The molecule has 3 rings (SSSR count). The predicted octanol–water partition coefficient (Wildman–Crippen LogP) is 1.30. The van der Waals surface area contributed by atoms with E-state index in [0.717, 1.165) is 58.8 Å². The Bertz CT molecular complexity index is 610. The van der Waals surface area contributed by atoms with Gasteiger partial charge >= 0.3 is 0 Å². The summed E-state index contributed by atoms with van der Waals surface area (Å²) in [6.45, 7) is 5.94. The molecule has 2 aliphatic heterocycles. The molecule has 0 saturated carbocycles. The third-order valence-corrected chi connectivity index (χ3v) is 6.47. The Hall–Kier alpha value is -1.15. The summed E-state index contributed by atoms with van der Waals surface area (Å²) in [5.41, 5.74) is 1.22. The lowest BCUT2D eigenvalue weighted by Gasteiger charge is -2.33. The number of ether oxygens (including phenoxy) is 1. The van der Waals surface area contributed by atoms with Gasteiger partial charge < -0.3 is 9.64 Å². The van der Waals surface area contributed by atoms with E-state index in [-0.39, 0.29) is 11.8 Å². The van der Waals surface area contributed by atoms with E-state index < -0.39 is 10.0 Å². The van der Waals surface area contributed by atoms with Crippen LogP contribution in [0.15, 0.2) is 30.3 Å². The highest BCUT2D eigenvalue weighted by atomic mass is 32.2. The Morgan fingerprint density at radius 2 is 1.72 bits per heavy atom. The lowest BCUT2D eigenvalue weighted by Crippen LogP contribution is -2.45. The van der Waals surface area contributed by atoms with E-state index in [4.69, 9.17) is 4.74 Å². The minimum Gasteiger partial charge on any atom is -0.379 e. The molecule has 0 unspecified atom stereocenters. The first-order valence-electron chi connectivity index (χ1n) is 9.22. The zero-order chi connectivity index (χ0) is 17.5. The fourth-order valence-corrected chi connectivity index (χ4v) is 4.88. The number of nitrogens with one attached hydrogen (secondary N) is 1. The largest absolute Gasteiger partial charge is 0.379 e. The second kappa shape index (κ2) is 8.98. The number of para-hydroxylation sites is 1. The van der Waals surface area contributed by atoms with Crippen molar-refractivity contribution in [3.05, 3.63) is 30.3 Å². The Morgan fingerprint density at radius 1 is 1.04 bits per heavy atom. The van der Waals surface area contributed by atoms with Crippen molar-refractivity contribution in [3.63, 3.8) is 0 Å². The summed E-state index contributed by atoms with van der Waals surface area (Å²) in [5.74, 6) is 0.212. The minimum absolute atomic E-state index is 0.0633. The fraction of sp³-hybridized carbons (Fsp3) is 0.667. The van der Waals surface area contributed by atoms with Gasteiger partial charge in [-0.2, -0.15) is 0 Å². The lowest BCUT2D eigenvalue weighted by molar-refractivity contribution is 0.0381. The molecular weight excluding hydrogens is 338 g/mol. The van der Waals surface area contributed by atoms with Gasteiger partial charge in [0.15, 0.2) is 0 Å². The van der Waals surface area contributed by atoms with Crippen LogP contribution in [0.25, 0.3) is 0 Å². The average molecular weight is 368 g/mol. The van der Waals surface area contributed by atoms with E-state index in [1.165, 1.54) is 5.69 Å². The third-order valence-electron chi connectivity index (χ3n) is 4.95. The Morgan fingerprint density at radius 3 is 2.40 bits per heavy atom. The minimum atomic E-state index is -3.19. The summed E-state index contributed by atoms with van der Waals surface area (Å²) in [6.07, 6.45) is 2.40. The molecule has 7 heteroatoms. The van der Waals surface area contributed by atoms with Crippen molar-refractivity contribution in [1.29, 1.82) is 0 Å². The summed E-state index contributed by atoms with van der Waals surface area (Å²) in [4.78, 5) is 4.60. The quantitative estimate of drug-likeness (QED) is 0.787. The van der Waals surface area contributed by atoms with Crippen LogP contribution in [0.1, 0.15) is 19.3 Å². The van der Waals surface area contributed by atoms with E-state index in [0.29, 0.717) is 6.42 Å². The van der Waals surface area contributed by atoms with E-state index in [9.17, 15) is 8.42 Å². The number of rotatable bonds is 7. The maximum absolute atomic E-state index is 12.3. The first kappa shape index (κ1) is 18.6. The molecule has 2 fully saturated rings. The number of nitrogens with zero attached hydrogens (tertiary/aromatic N) is 2. The van der Waals surface area contributed by atoms with Crippen LogP contribution in [0.5, 0.6) is 0 Å². The molecule has 0 bridgehead atoms. The maximum atomic E-state index is 12.3. The van der Waals surface area contributed by atoms with Gasteiger partial charge in [-0.3, -0.25) is 4.90 Å². The normalized spacial score (nSPS) is 20.7. The zero-order valence-corrected chi connectivity index (χ0v) is 15.6. The van der Waals surface area contributed by atoms with E-state index >= 15 is 0 Å². The summed E-state index contributed by atoms with van der Waals surface area (Å²) in [6, 6.07) is 10.4. The molecular formula is C18H29N3O3S. The lowest BCUT2D eigenvalue weighted by atomic mass is 10.1. The summed E-state index contributed by atoms with van der Waals surface area (Å²) in [7, 11) is -3.19. The van der Waals surface area contributed by atoms with Gasteiger partial charge in [0.1, 0.15) is 0 Å². The highest BCUT2D eigenvalue weighted by molar-refractivity contribution is 7.89. The molecule has 0 atom stereocenters. The molecule has 6 nitrogen and oxygen atoms in total. The second-order valence-corrected chi connectivity index (χ2v) is 8.71. The van der Waals surface area contributed by atoms with Crippen molar-refractivity contribution in [3.8, 4) is 0 Å². The topological polar surface area (TPSA) is 61.9 Å². The van der Waals surface area contributed by atoms with E-state index in [2.05, 4.69) is 26.7 Å². The Labute approximate surface area is 151 Å². The van der Waals surface area contributed by atoms with Crippen LogP contribution in [-0.2, 0) is 14.8 Å². The van der Waals surface area contributed by atoms with Crippen LogP contribution in [0.3, 0.4) is 0 Å². The van der Waals surface area contributed by atoms with Gasteiger partial charge in [-0.05, 0) is 37.9 Å². The highest BCUT2D eigenvalue weighted by Crippen LogP contribution is 2.19. The standard InChI is InChI=1S/C18H29N3O3S/c22-25(23,16-4-9-20-12-14-24-15-13-20)19-17-7-10-21(11-8-17)18-5-2-1-3-6-18/h1-3,5-6,17,19H,4,7-16H2. The maximum Gasteiger partial charge on any atom is 0.211 e. The Kier molecular flexibility index (Phi) is 6.70. The van der Waals surface area contributed by atoms with Crippen molar-refractivity contribution in [2.45, 2.75) is 25.3 Å². The number of benzene rings is 1. The number of hydrogen-bond acceptors (Lipinski definition) is 5. The molecule has 1 N–H and O–H groups in total. The smallest absolute Gasteiger partial charge is 0.211 e. The van der Waals surface area contributed by atoms with Gasteiger partial charge in [0.05, 0.1) is 19.0 Å².